The van der Waals surface area contributed by atoms with E-state index in [1.54, 1.807) is 13.8 Å². The van der Waals surface area contributed by atoms with E-state index in [-0.39, 0.29) is 5.91 Å². The molecule has 1 amide bonds. The van der Waals surface area contributed by atoms with Gasteiger partial charge in [0.25, 0.3) is 5.91 Å². The van der Waals surface area contributed by atoms with Gasteiger partial charge in [-0.1, -0.05) is 41.9 Å². The highest BCUT2D eigenvalue weighted by molar-refractivity contribution is 9.10. The molecule has 0 spiro atoms. The van der Waals surface area contributed by atoms with Crippen molar-refractivity contribution in [1.82, 2.24) is 4.98 Å². The first-order valence-electron chi connectivity index (χ1n) is 10.5. The number of halogens is 1. The highest BCUT2D eigenvalue weighted by Crippen LogP contribution is 2.29. The van der Waals surface area contributed by atoms with E-state index in [4.69, 9.17) is 9.15 Å². The Bertz CT molecular complexity index is 1260. The molecule has 0 aliphatic rings. The maximum absolute atomic E-state index is 12.9. The van der Waals surface area contributed by atoms with Crippen LogP contribution in [0.25, 0.3) is 22.6 Å². The van der Waals surface area contributed by atoms with Crippen LogP contribution in [-0.4, -0.2) is 16.5 Å². The molecule has 0 unspecified atom stereocenters. The van der Waals surface area contributed by atoms with Crippen molar-refractivity contribution < 1.29 is 13.9 Å². The minimum atomic E-state index is -1.06. The minimum absolute atomic E-state index is 0.253. The Morgan fingerprint density at radius 2 is 1.81 bits per heavy atom. The average molecular weight is 493 g/mol. The van der Waals surface area contributed by atoms with Crippen LogP contribution in [-0.2, 0) is 4.79 Å². The highest BCUT2D eigenvalue weighted by atomic mass is 79.9. The molecule has 6 heteroatoms. The second-order valence-corrected chi connectivity index (χ2v) is 9.42. The molecule has 0 radical (unpaired) electrons. The van der Waals surface area contributed by atoms with Crippen molar-refractivity contribution in [2.45, 2.75) is 39.2 Å². The maximum atomic E-state index is 12.9. The van der Waals surface area contributed by atoms with Crippen molar-refractivity contribution in [2.75, 3.05) is 5.32 Å². The van der Waals surface area contributed by atoms with Crippen LogP contribution in [0.2, 0.25) is 0 Å². The van der Waals surface area contributed by atoms with E-state index >= 15 is 0 Å². The highest BCUT2D eigenvalue weighted by Gasteiger charge is 2.30. The summed E-state index contributed by atoms with van der Waals surface area (Å²) in [7, 11) is 0. The Morgan fingerprint density at radius 1 is 1.06 bits per heavy atom. The molecule has 1 aromatic heterocycles. The van der Waals surface area contributed by atoms with Crippen molar-refractivity contribution in [3.63, 3.8) is 0 Å². The first kappa shape index (κ1) is 22.1. The summed E-state index contributed by atoms with van der Waals surface area (Å²) >= 11 is 3.40. The van der Waals surface area contributed by atoms with Gasteiger partial charge in [-0.15, -0.1) is 0 Å². The van der Waals surface area contributed by atoms with Crippen LogP contribution in [0.3, 0.4) is 0 Å². The normalized spacial score (nSPS) is 11.7. The third-order valence-electron chi connectivity index (χ3n) is 5.18. The van der Waals surface area contributed by atoms with E-state index in [0.717, 1.165) is 21.1 Å². The Balaban J connectivity index is 1.53. The summed E-state index contributed by atoms with van der Waals surface area (Å²) in [4.78, 5) is 17.6. The van der Waals surface area contributed by atoms with Gasteiger partial charge in [0, 0.05) is 15.7 Å². The number of oxazole rings is 1. The molecular weight excluding hydrogens is 468 g/mol. The predicted octanol–water partition coefficient (Wildman–Crippen LogP) is 7.18. The molecule has 3 aromatic carbocycles. The number of carbonyl (C=O) groups excluding carboxylic acids is 1. The molecule has 0 bridgehead atoms. The number of anilines is 1. The van der Waals surface area contributed by atoms with Gasteiger partial charge in [-0.2, -0.15) is 0 Å². The van der Waals surface area contributed by atoms with E-state index < -0.39 is 5.60 Å². The molecule has 4 aromatic rings. The standard InChI is InChI=1S/C26H25BrN2O3/c1-16(2)17-8-13-23-22(15-17)29-24(31-23)18-6-5-7-20(14-18)28-25(30)26(3,4)32-21-11-9-19(27)10-12-21/h5-16H,1-4H3,(H,28,30). The molecule has 32 heavy (non-hydrogen) atoms. The fourth-order valence-electron chi connectivity index (χ4n) is 3.28. The number of hydrogen-bond donors (Lipinski definition) is 1. The van der Waals surface area contributed by atoms with Gasteiger partial charge in [0.2, 0.25) is 5.89 Å². The van der Waals surface area contributed by atoms with Crippen LogP contribution >= 0.6 is 15.9 Å². The van der Waals surface area contributed by atoms with E-state index in [9.17, 15) is 4.79 Å². The second kappa shape index (κ2) is 8.79. The van der Waals surface area contributed by atoms with Crippen molar-refractivity contribution >= 4 is 38.6 Å². The zero-order valence-corrected chi connectivity index (χ0v) is 20.1. The molecule has 5 nitrogen and oxygen atoms in total. The number of rotatable bonds is 6. The first-order valence-corrected chi connectivity index (χ1v) is 11.3. The van der Waals surface area contributed by atoms with Gasteiger partial charge < -0.3 is 14.5 Å². The van der Waals surface area contributed by atoms with Gasteiger partial charge in [-0.05, 0) is 79.9 Å². The zero-order chi connectivity index (χ0) is 22.9. The molecule has 1 heterocycles. The van der Waals surface area contributed by atoms with Crippen molar-refractivity contribution in [3.8, 4) is 17.2 Å². The van der Waals surface area contributed by atoms with Crippen LogP contribution in [0, 0.1) is 0 Å². The Hall–Kier alpha value is -3.12. The van der Waals surface area contributed by atoms with Crippen LogP contribution in [0.4, 0.5) is 5.69 Å². The van der Waals surface area contributed by atoms with E-state index in [2.05, 4.69) is 52.2 Å². The number of ether oxygens (including phenoxy) is 1. The lowest BCUT2D eigenvalue weighted by Gasteiger charge is -2.25. The summed E-state index contributed by atoms with van der Waals surface area (Å²) in [6.07, 6.45) is 0. The first-order chi connectivity index (χ1) is 15.2. The summed E-state index contributed by atoms with van der Waals surface area (Å²) in [6.45, 7) is 7.77. The van der Waals surface area contributed by atoms with E-state index in [1.165, 1.54) is 5.56 Å². The van der Waals surface area contributed by atoms with Gasteiger partial charge in [0.15, 0.2) is 11.2 Å². The van der Waals surface area contributed by atoms with Gasteiger partial charge in [-0.3, -0.25) is 4.79 Å². The molecule has 0 aliphatic heterocycles. The third kappa shape index (κ3) is 4.86. The van der Waals surface area contributed by atoms with Gasteiger partial charge >= 0.3 is 0 Å². The number of hydrogen-bond acceptors (Lipinski definition) is 4. The zero-order valence-electron chi connectivity index (χ0n) is 18.5. The number of fused-ring (bicyclic) bond motifs is 1. The molecular formula is C26H25BrN2O3. The number of carbonyl (C=O) groups is 1. The lowest BCUT2D eigenvalue weighted by Crippen LogP contribution is -2.42. The number of aromatic nitrogens is 1. The largest absolute Gasteiger partial charge is 0.478 e. The Kier molecular flexibility index (Phi) is 6.07. The molecule has 164 valence electrons. The van der Waals surface area contributed by atoms with Gasteiger partial charge in [-0.25, -0.2) is 4.98 Å². The predicted molar refractivity (Wildman–Crippen MR) is 131 cm³/mol. The molecule has 0 atom stereocenters. The second-order valence-electron chi connectivity index (χ2n) is 8.50. The topological polar surface area (TPSA) is 64.4 Å². The van der Waals surface area contributed by atoms with Crippen LogP contribution in [0.15, 0.2) is 75.6 Å². The lowest BCUT2D eigenvalue weighted by atomic mass is 10.0. The maximum Gasteiger partial charge on any atom is 0.267 e. The van der Waals surface area contributed by atoms with Crippen LogP contribution in [0.5, 0.6) is 5.75 Å². The van der Waals surface area contributed by atoms with Gasteiger partial charge in [0.1, 0.15) is 11.3 Å². The van der Waals surface area contributed by atoms with Gasteiger partial charge in [0.05, 0.1) is 0 Å². The van der Waals surface area contributed by atoms with Crippen molar-refractivity contribution in [3.05, 3.63) is 76.8 Å². The van der Waals surface area contributed by atoms with E-state index in [0.29, 0.717) is 23.2 Å². The molecule has 0 saturated carbocycles. The van der Waals surface area contributed by atoms with Crippen LogP contribution in [0.1, 0.15) is 39.2 Å². The molecule has 0 saturated heterocycles. The molecule has 0 aliphatic carbocycles. The number of amides is 1. The summed E-state index contributed by atoms with van der Waals surface area (Å²) < 4.78 is 12.8. The smallest absolute Gasteiger partial charge is 0.267 e. The fourth-order valence-corrected chi connectivity index (χ4v) is 3.55. The fraction of sp³-hybridized carbons (Fsp3) is 0.231. The van der Waals surface area contributed by atoms with Crippen molar-refractivity contribution in [2.24, 2.45) is 0 Å². The monoisotopic (exact) mass is 492 g/mol. The van der Waals surface area contributed by atoms with Crippen LogP contribution < -0.4 is 10.1 Å². The van der Waals surface area contributed by atoms with Crippen molar-refractivity contribution in [1.29, 1.82) is 0 Å². The Labute approximate surface area is 195 Å². The number of nitrogens with one attached hydrogen (secondary N) is 1. The summed E-state index contributed by atoms with van der Waals surface area (Å²) in [5.74, 6) is 1.30. The molecule has 0 fully saturated rings. The number of nitrogens with zero attached hydrogens (tertiary/aromatic N) is 1. The minimum Gasteiger partial charge on any atom is -0.478 e. The number of benzene rings is 3. The Morgan fingerprint density at radius 3 is 2.53 bits per heavy atom. The molecule has 1 N–H and O–H groups in total. The quantitative estimate of drug-likeness (QED) is 0.309. The lowest BCUT2D eigenvalue weighted by molar-refractivity contribution is -0.128. The molecule has 4 rings (SSSR count). The van der Waals surface area contributed by atoms with E-state index in [1.807, 2.05) is 54.6 Å². The SMILES string of the molecule is CC(C)c1ccc2oc(-c3cccc(NC(=O)C(C)(C)Oc4ccc(Br)cc4)c3)nc2c1. The third-order valence-corrected chi connectivity index (χ3v) is 5.71. The average Bonchev–Trinajstić information content (AvgIpc) is 3.19. The summed E-state index contributed by atoms with van der Waals surface area (Å²) in [5.41, 5.74) is 3.15. The summed E-state index contributed by atoms with van der Waals surface area (Å²) in [6, 6.07) is 20.9. The summed E-state index contributed by atoms with van der Waals surface area (Å²) in [5, 5.41) is 2.94.